The Hall–Kier alpha value is -0.740. The highest BCUT2D eigenvalue weighted by Crippen LogP contribution is 2.09. The van der Waals surface area contributed by atoms with Crippen LogP contribution in [0.25, 0.3) is 0 Å². The summed E-state index contributed by atoms with van der Waals surface area (Å²) in [6, 6.07) is 0. The highest BCUT2D eigenvalue weighted by molar-refractivity contribution is 5.04. The average molecular weight is 124 g/mol. The first-order valence-electron chi connectivity index (χ1n) is 2.93. The van der Waals surface area contributed by atoms with E-state index >= 15 is 0 Å². The zero-order valence-electron chi connectivity index (χ0n) is 5.72. The molecular weight excluding hydrogens is 112 g/mol. The number of terminal acetylenes is 1. The van der Waals surface area contributed by atoms with Crippen LogP contribution in [0.5, 0.6) is 0 Å². The molecule has 1 nitrogen and oxygen atoms in total. The molecule has 9 heavy (non-hydrogen) atoms. The van der Waals surface area contributed by atoms with Crippen LogP contribution in [0.15, 0.2) is 12.7 Å². The van der Waals surface area contributed by atoms with E-state index < -0.39 is 5.60 Å². The second-order valence-corrected chi connectivity index (χ2v) is 2.25. The average Bonchev–Trinajstić information content (AvgIpc) is 1.84. The van der Waals surface area contributed by atoms with Gasteiger partial charge in [-0.15, -0.1) is 13.0 Å². The predicted octanol–water partition coefficient (Wildman–Crippen LogP) is 1.34. The Bertz CT molecular complexity index is 128. The zero-order valence-corrected chi connectivity index (χ0v) is 5.72. The van der Waals surface area contributed by atoms with Gasteiger partial charge in [-0.3, -0.25) is 0 Å². The van der Waals surface area contributed by atoms with Crippen molar-refractivity contribution in [3.05, 3.63) is 12.7 Å². The normalized spacial score (nSPS) is 15.7. The van der Waals surface area contributed by atoms with Crippen LogP contribution in [-0.2, 0) is 0 Å². The van der Waals surface area contributed by atoms with Gasteiger partial charge >= 0.3 is 0 Å². The lowest BCUT2D eigenvalue weighted by Crippen LogP contribution is -2.20. The monoisotopic (exact) mass is 124 g/mol. The summed E-state index contributed by atoms with van der Waals surface area (Å²) < 4.78 is 0. The van der Waals surface area contributed by atoms with Gasteiger partial charge < -0.3 is 5.11 Å². The SMILES string of the molecule is C#CC(C)(O)CCC=C. The van der Waals surface area contributed by atoms with E-state index in [1.807, 2.05) is 0 Å². The number of allylic oxidation sites excluding steroid dienone is 1. The van der Waals surface area contributed by atoms with Gasteiger partial charge in [0.1, 0.15) is 5.60 Å². The third-order valence-electron chi connectivity index (χ3n) is 1.15. The predicted molar refractivity (Wildman–Crippen MR) is 38.9 cm³/mol. The van der Waals surface area contributed by atoms with Gasteiger partial charge in [-0.05, 0) is 19.8 Å². The van der Waals surface area contributed by atoms with Crippen molar-refractivity contribution in [1.29, 1.82) is 0 Å². The molecule has 0 bridgehead atoms. The lowest BCUT2D eigenvalue weighted by Gasteiger charge is -2.13. The molecule has 1 heteroatoms. The fourth-order valence-corrected chi connectivity index (χ4v) is 0.455. The minimum Gasteiger partial charge on any atom is -0.378 e. The zero-order chi connectivity index (χ0) is 7.33. The minimum atomic E-state index is -0.950. The molecule has 0 aromatic heterocycles. The molecule has 0 aromatic carbocycles. The molecule has 0 saturated heterocycles. The summed E-state index contributed by atoms with van der Waals surface area (Å²) >= 11 is 0. The van der Waals surface area contributed by atoms with Crippen LogP contribution < -0.4 is 0 Å². The first-order chi connectivity index (χ1) is 4.12. The Kier molecular flexibility index (Phi) is 3.05. The van der Waals surface area contributed by atoms with E-state index in [-0.39, 0.29) is 0 Å². The second kappa shape index (κ2) is 3.32. The maximum absolute atomic E-state index is 9.17. The molecule has 0 aliphatic carbocycles. The summed E-state index contributed by atoms with van der Waals surface area (Å²) in [7, 11) is 0. The minimum absolute atomic E-state index is 0.590. The topological polar surface area (TPSA) is 20.2 Å². The molecule has 1 atom stereocenters. The van der Waals surface area contributed by atoms with Crippen LogP contribution in [0.4, 0.5) is 0 Å². The highest BCUT2D eigenvalue weighted by Gasteiger charge is 2.13. The highest BCUT2D eigenvalue weighted by atomic mass is 16.3. The fraction of sp³-hybridized carbons (Fsp3) is 0.500. The van der Waals surface area contributed by atoms with Crippen molar-refractivity contribution in [3.8, 4) is 12.3 Å². The molecule has 0 radical (unpaired) electrons. The molecule has 0 aromatic rings. The quantitative estimate of drug-likeness (QED) is 0.444. The first-order valence-corrected chi connectivity index (χ1v) is 2.93. The van der Waals surface area contributed by atoms with Gasteiger partial charge in [0.2, 0.25) is 0 Å². The van der Waals surface area contributed by atoms with E-state index in [9.17, 15) is 5.11 Å². The molecule has 50 valence electrons. The van der Waals surface area contributed by atoms with Crippen LogP contribution in [0.3, 0.4) is 0 Å². The molecule has 0 rings (SSSR count). The summed E-state index contributed by atoms with van der Waals surface area (Å²) in [5.74, 6) is 2.28. The van der Waals surface area contributed by atoms with Crippen LogP contribution in [-0.4, -0.2) is 10.7 Å². The van der Waals surface area contributed by atoms with Gasteiger partial charge in [-0.1, -0.05) is 12.0 Å². The summed E-state index contributed by atoms with van der Waals surface area (Å²) in [6.07, 6.45) is 8.11. The second-order valence-electron chi connectivity index (χ2n) is 2.25. The van der Waals surface area contributed by atoms with Gasteiger partial charge in [0.25, 0.3) is 0 Å². The molecule has 0 aliphatic rings. The molecule has 0 heterocycles. The van der Waals surface area contributed by atoms with Gasteiger partial charge in [0, 0.05) is 0 Å². The summed E-state index contributed by atoms with van der Waals surface area (Å²) in [6.45, 7) is 5.14. The third-order valence-corrected chi connectivity index (χ3v) is 1.15. The molecule has 1 unspecified atom stereocenters. The Balaban J connectivity index is 3.61. The standard InChI is InChI=1S/C8H12O/c1-4-6-7-8(3,9)5-2/h2,4,9H,1,6-7H2,3H3. The van der Waals surface area contributed by atoms with E-state index in [0.717, 1.165) is 6.42 Å². The van der Waals surface area contributed by atoms with Crippen LogP contribution in [0.1, 0.15) is 19.8 Å². The molecule has 0 aliphatic heterocycles. The van der Waals surface area contributed by atoms with Crippen molar-refractivity contribution in [1.82, 2.24) is 0 Å². The van der Waals surface area contributed by atoms with Gasteiger partial charge in [0.15, 0.2) is 0 Å². The van der Waals surface area contributed by atoms with Gasteiger partial charge in [-0.25, -0.2) is 0 Å². The number of hydrogen-bond donors (Lipinski definition) is 1. The lowest BCUT2D eigenvalue weighted by molar-refractivity contribution is 0.114. The van der Waals surface area contributed by atoms with Crippen molar-refractivity contribution >= 4 is 0 Å². The molecule has 0 amide bonds. The number of rotatable bonds is 3. The maximum atomic E-state index is 9.17. The Morgan fingerprint density at radius 1 is 1.89 bits per heavy atom. The maximum Gasteiger partial charge on any atom is 0.122 e. The number of aliphatic hydroxyl groups is 1. The van der Waals surface area contributed by atoms with Crippen LogP contribution in [0, 0.1) is 12.3 Å². The van der Waals surface area contributed by atoms with E-state index in [1.54, 1.807) is 13.0 Å². The van der Waals surface area contributed by atoms with Crippen LogP contribution in [0.2, 0.25) is 0 Å². The van der Waals surface area contributed by atoms with Crippen molar-refractivity contribution < 1.29 is 5.11 Å². The fourth-order valence-electron chi connectivity index (χ4n) is 0.455. The van der Waals surface area contributed by atoms with E-state index in [2.05, 4.69) is 12.5 Å². The Morgan fingerprint density at radius 3 is 2.78 bits per heavy atom. The van der Waals surface area contributed by atoms with Crippen LogP contribution >= 0.6 is 0 Å². The van der Waals surface area contributed by atoms with Crippen molar-refractivity contribution in [2.24, 2.45) is 0 Å². The summed E-state index contributed by atoms with van der Waals surface area (Å²) in [5.41, 5.74) is -0.950. The summed E-state index contributed by atoms with van der Waals surface area (Å²) in [5, 5.41) is 9.17. The lowest BCUT2D eigenvalue weighted by atomic mass is 10.0. The van der Waals surface area contributed by atoms with Crippen molar-refractivity contribution in [2.75, 3.05) is 0 Å². The smallest absolute Gasteiger partial charge is 0.122 e. The first kappa shape index (κ1) is 8.26. The Morgan fingerprint density at radius 2 is 2.44 bits per heavy atom. The summed E-state index contributed by atoms with van der Waals surface area (Å²) in [4.78, 5) is 0. The van der Waals surface area contributed by atoms with E-state index in [4.69, 9.17) is 6.42 Å². The van der Waals surface area contributed by atoms with Gasteiger partial charge in [-0.2, -0.15) is 0 Å². The molecule has 0 fully saturated rings. The molecular formula is C8H12O. The molecule has 1 N–H and O–H groups in total. The van der Waals surface area contributed by atoms with Crippen molar-refractivity contribution in [3.63, 3.8) is 0 Å². The number of hydrogen-bond acceptors (Lipinski definition) is 1. The van der Waals surface area contributed by atoms with E-state index in [0.29, 0.717) is 6.42 Å². The Labute approximate surface area is 56.4 Å². The third kappa shape index (κ3) is 3.81. The molecule has 0 saturated carbocycles. The van der Waals surface area contributed by atoms with E-state index in [1.165, 1.54) is 0 Å². The van der Waals surface area contributed by atoms with Crippen molar-refractivity contribution in [2.45, 2.75) is 25.4 Å². The molecule has 0 spiro atoms. The van der Waals surface area contributed by atoms with Gasteiger partial charge in [0.05, 0.1) is 0 Å². The largest absolute Gasteiger partial charge is 0.378 e.